The Morgan fingerprint density at radius 1 is 1.24 bits per heavy atom. The van der Waals surface area contributed by atoms with Crippen LogP contribution in [0.5, 0.6) is 0 Å². The van der Waals surface area contributed by atoms with Gasteiger partial charge < -0.3 is 10.2 Å². The van der Waals surface area contributed by atoms with Crippen LogP contribution in [0, 0.1) is 0 Å². The van der Waals surface area contributed by atoms with Crippen LogP contribution in [0.15, 0.2) is 12.1 Å². The average molecular weight is 271 g/mol. The molecular formula is C13H16Cl2N2. The zero-order valence-corrected chi connectivity index (χ0v) is 11.4. The van der Waals surface area contributed by atoms with E-state index in [0.717, 1.165) is 48.2 Å². The monoisotopic (exact) mass is 270 g/mol. The molecule has 0 aromatic heterocycles. The number of benzene rings is 1. The summed E-state index contributed by atoms with van der Waals surface area (Å²) in [6.45, 7) is 3.15. The third-order valence-electron chi connectivity index (χ3n) is 4.16. The summed E-state index contributed by atoms with van der Waals surface area (Å²) in [7, 11) is 2.09. The van der Waals surface area contributed by atoms with Crippen LogP contribution >= 0.6 is 23.2 Å². The third kappa shape index (κ3) is 1.66. The minimum atomic E-state index is 0.198. The molecular weight excluding hydrogens is 255 g/mol. The van der Waals surface area contributed by atoms with Crippen molar-refractivity contribution in [1.29, 1.82) is 0 Å². The molecule has 1 aromatic rings. The third-order valence-corrected chi connectivity index (χ3v) is 4.78. The number of nitrogens with one attached hydrogen (secondary N) is 1. The van der Waals surface area contributed by atoms with Crippen LogP contribution in [0.25, 0.3) is 0 Å². The van der Waals surface area contributed by atoms with Crippen molar-refractivity contribution in [3.05, 3.63) is 27.7 Å². The van der Waals surface area contributed by atoms with Crippen LogP contribution in [-0.2, 0) is 5.41 Å². The van der Waals surface area contributed by atoms with Gasteiger partial charge >= 0.3 is 0 Å². The van der Waals surface area contributed by atoms with E-state index in [2.05, 4.69) is 17.3 Å². The van der Waals surface area contributed by atoms with Gasteiger partial charge in [-0.25, -0.2) is 0 Å². The largest absolute Gasteiger partial charge is 0.373 e. The van der Waals surface area contributed by atoms with E-state index in [0.29, 0.717) is 0 Å². The smallest absolute Gasteiger partial charge is 0.0643 e. The minimum absolute atomic E-state index is 0.198. The van der Waals surface area contributed by atoms with E-state index in [1.54, 1.807) is 0 Å². The lowest BCUT2D eigenvalue weighted by Gasteiger charge is -2.41. The summed E-state index contributed by atoms with van der Waals surface area (Å²) >= 11 is 12.8. The van der Waals surface area contributed by atoms with Gasteiger partial charge in [-0.2, -0.15) is 0 Å². The molecule has 1 N–H and O–H groups in total. The molecule has 0 aliphatic carbocycles. The Hall–Kier alpha value is -0.440. The standard InChI is InChI=1S/C13H16Cl2N2/c1-17-7-5-13(4-6-16-8-13)11-9(14)2-3-10(15)12(11)17/h2-3,16H,4-8H2,1H3. The maximum atomic E-state index is 6.44. The normalized spacial score (nSPS) is 27.6. The molecule has 1 spiro atoms. The highest BCUT2D eigenvalue weighted by Gasteiger charge is 2.42. The van der Waals surface area contributed by atoms with Crippen molar-refractivity contribution >= 4 is 28.9 Å². The van der Waals surface area contributed by atoms with E-state index < -0.39 is 0 Å². The number of nitrogens with zero attached hydrogens (tertiary/aromatic N) is 1. The van der Waals surface area contributed by atoms with Crippen LogP contribution < -0.4 is 10.2 Å². The Morgan fingerprint density at radius 2 is 2.00 bits per heavy atom. The molecule has 4 heteroatoms. The molecule has 3 rings (SSSR count). The van der Waals surface area contributed by atoms with Crippen molar-refractivity contribution in [2.24, 2.45) is 0 Å². The molecule has 1 aromatic carbocycles. The summed E-state index contributed by atoms with van der Waals surface area (Å²) in [5.41, 5.74) is 2.59. The number of hydrogen-bond acceptors (Lipinski definition) is 2. The Balaban J connectivity index is 2.23. The summed E-state index contributed by atoms with van der Waals surface area (Å²) in [6.07, 6.45) is 2.32. The second-order valence-corrected chi connectivity index (χ2v) is 5.95. The SMILES string of the molecule is CN1CCC2(CCNC2)c2c(Cl)ccc(Cl)c21. The lowest BCUT2D eigenvalue weighted by Crippen LogP contribution is -2.40. The lowest BCUT2D eigenvalue weighted by atomic mass is 9.73. The fourth-order valence-electron chi connectivity index (χ4n) is 3.21. The Bertz CT molecular complexity index is 453. The highest BCUT2D eigenvalue weighted by atomic mass is 35.5. The van der Waals surface area contributed by atoms with Gasteiger partial charge in [-0.1, -0.05) is 23.2 Å². The van der Waals surface area contributed by atoms with Gasteiger partial charge in [0.1, 0.15) is 0 Å². The molecule has 92 valence electrons. The molecule has 2 heterocycles. The Morgan fingerprint density at radius 3 is 2.71 bits per heavy atom. The van der Waals surface area contributed by atoms with Gasteiger partial charge in [0.15, 0.2) is 0 Å². The first-order chi connectivity index (χ1) is 8.14. The van der Waals surface area contributed by atoms with Crippen molar-refractivity contribution in [3.63, 3.8) is 0 Å². The summed E-state index contributed by atoms with van der Waals surface area (Å²) in [4.78, 5) is 2.23. The van der Waals surface area contributed by atoms with Gasteiger partial charge in [0.2, 0.25) is 0 Å². The topological polar surface area (TPSA) is 15.3 Å². The highest BCUT2D eigenvalue weighted by Crippen LogP contribution is 2.49. The first-order valence-corrected chi connectivity index (χ1v) is 6.80. The van der Waals surface area contributed by atoms with Crippen molar-refractivity contribution in [2.45, 2.75) is 18.3 Å². The first kappa shape index (κ1) is 11.6. The number of halogens is 2. The number of anilines is 1. The molecule has 0 bridgehead atoms. The van der Waals surface area contributed by atoms with E-state index in [9.17, 15) is 0 Å². The second kappa shape index (κ2) is 4.04. The van der Waals surface area contributed by atoms with E-state index in [1.807, 2.05) is 12.1 Å². The Labute approximate surface area is 112 Å². The lowest BCUT2D eigenvalue weighted by molar-refractivity contribution is 0.419. The maximum Gasteiger partial charge on any atom is 0.0643 e. The number of rotatable bonds is 0. The zero-order valence-electron chi connectivity index (χ0n) is 9.89. The molecule has 1 saturated heterocycles. The number of hydrogen-bond donors (Lipinski definition) is 1. The van der Waals surface area contributed by atoms with Crippen molar-refractivity contribution in [2.75, 3.05) is 31.6 Å². The van der Waals surface area contributed by atoms with Crippen molar-refractivity contribution in [3.8, 4) is 0 Å². The second-order valence-electron chi connectivity index (χ2n) is 5.13. The fourth-order valence-corrected chi connectivity index (χ4v) is 3.86. The van der Waals surface area contributed by atoms with Crippen molar-refractivity contribution < 1.29 is 0 Å². The molecule has 1 unspecified atom stereocenters. The van der Waals surface area contributed by atoms with E-state index in [4.69, 9.17) is 23.2 Å². The van der Waals surface area contributed by atoms with Crippen LogP contribution in [-0.4, -0.2) is 26.7 Å². The maximum absolute atomic E-state index is 6.44. The minimum Gasteiger partial charge on any atom is -0.373 e. The zero-order chi connectivity index (χ0) is 12.0. The predicted molar refractivity (Wildman–Crippen MR) is 73.5 cm³/mol. The molecule has 0 radical (unpaired) electrons. The van der Waals surface area contributed by atoms with Crippen LogP contribution in [0.1, 0.15) is 18.4 Å². The van der Waals surface area contributed by atoms with Crippen LogP contribution in [0.2, 0.25) is 10.0 Å². The number of fused-ring (bicyclic) bond motifs is 2. The van der Waals surface area contributed by atoms with Gasteiger partial charge in [-0.15, -0.1) is 0 Å². The van der Waals surface area contributed by atoms with Gasteiger partial charge in [0, 0.05) is 36.1 Å². The Kier molecular flexibility index (Phi) is 2.77. The molecule has 0 amide bonds. The van der Waals surface area contributed by atoms with Gasteiger partial charge in [-0.3, -0.25) is 0 Å². The van der Waals surface area contributed by atoms with Gasteiger partial charge in [0.05, 0.1) is 10.7 Å². The molecule has 1 fully saturated rings. The van der Waals surface area contributed by atoms with Crippen molar-refractivity contribution in [1.82, 2.24) is 5.32 Å². The average Bonchev–Trinajstić information content (AvgIpc) is 2.77. The molecule has 2 nitrogen and oxygen atoms in total. The highest BCUT2D eigenvalue weighted by molar-refractivity contribution is 6.36. The molecule has 17 heavy (non-hydrogen) atoms. The van der Waals surface area contributed by atoms with Crippen LogP contribution in [0.3, 0.4) is 0 Å². The summed E-state index contributed by atoms with van der Waals surface area (Å²) in [5.74, 6) is 0. The predicted octanol–water partition coefficient (Wildman–Crippen LogP) is 3.06. The summed E-state index contributed by atoms with van der Waals surface area (Å²) in [5, 5.41) is 5.14. The van der Waals surface area contributed by atoms with E-state index in [1.165, 1.54) is 5.56 Å². The quantitative estimate of drug-likeness (QED) is 0.780. The summed E-state index contributed by atoms with van der Waals surface area (Å²) in [6, 6.07) is 3.84. The van der Waals surface area contributed by atoms with E-state index >= 15 is 0 Å². The molecule has 0 saturated carbocycles. The van der Waals surface area contributed by atoms with Gasteiger partial charge in [0.25, 0.3) is 0 Å². The van der Waals surface area contributed by atoms with Gasteiger partial charge in [-0.05, 0) is 31.5 Å². The summed E-state index contributed by atoms with van der Waals surface area (Å²) < 4.78 is 0. The molecule has 2 aliphatic rings. The van der Waals surface area contributed by atoms with Crippen LogP contribution in [0.4, 0.5) is 5.69 Å². The first-order valence-electron chi connectivity index (χ1n) is 6.04. The molecule has 2 aliphatic heterocycles. The molecule has 1 atom stereocenters. The van der Waals surface area contributed by atoms with E-state index in [-0.39, 0.29) is 5.41 Å². The fraction of sp³-hybridized carbons (Fsp3) is 0.538.